The van der Waals surface area contributed by atoms with E-state index in [4.69, 9.17) is 12.6 Å². The molecule has 0 amide bonds. The van der Waals surface area contributed by atoms with Crippen molar-refractivity contribution in [3.8, 4) is 0 Å². The Morgan fingerprint density at radius 3 is 2.80 bits per heavy atom. The molecule has 2 rings (SSSR count). The number of carbonyl (C=O) groups is 2. The second kappa shape index (κ2) is 12.8. The van der Waals surface area contributed by atoms with Crippen molar-refractivity contribution in [1.82, 2.24) is 0 Å². The molecule has 4 nitrogen and oxygen atoms in total. The van der Waals surface area contributed by atoms with E-state index in [1.54, 1.807) is 23.4 Å². The van der Waals surface area contributed by atoms with Crippen LogP contribution < -0.4 is 0 Å². The van der Waals surface area contributed by atoms with Crippen LogP contribution in [-0.4, -0.2) is 53.0 Å². The van der Waals surface area contributed by atoms with Gasteiger partial charge in [-0.2, -0.15) is 0 Å². The van der Waals surface area contributed by atoms with Gasteiger partial charge in [0.15, 0.2) is 0 Å². The van der Waals surface area contributed by atoms with Crippen LogP contribution in [0, 0.1) is 24.7 Å². The number of thioether (sulfide) groups is 1. The van der Waals surface area contributed by atoms with E-state index in [0.717, 1.165) is 10.9 Å². The Labute approximate surface area is 196 Å². The molecule has 1 fully saturated rings. The molecular weight excluding hydrogens is 483 g/mol. The van der Waals surface area contributed by atoms with Gasteiger partial charge >= 0.3 is 197 Å². The number of allylic oxidation sites excluding steroid dienone is 3. The van der Waals surface area contributed by atoms with Gasteiger partial charge in [-0.05, 0) is 0 Å². The first-order chi connectivity index (χ1) is 14.3. The monoisotopic (exact) mass is 509 g/mol. The van der Waals surface area contributed by atoms with Gasteiger partial charge in [-0.15, -0.1) is 0 Å². The van der Waals surface area contributed by atoms with Crippen molar-refractivity contribution >= 4 is 64.2 Å². The molecule has 1 saturated carbocycles. The zero-order valence-electron chi connectivity index (χ0n) is 17.0. The Hall–Kier alpha value is -0.955. The van der Waals surface area contributed by atoms with Crippen LogP contribution in [0.5, 0.6) is 0 Å². The van der Waals surface area contributed by atoms with Crippen LogP contribution in [0.3, 0.4) is 0 Å². The topological polar surface area (TPSA) is 74.6 Å². The third-order valence-electron chi connectivity index (χ3n) is 5.29. The van der Waals surface area contributed by atoms with Gasteiger partial charge in [0, 0.05) is 0 Å². The summed E-state index contributed by atoms with van der Waals surface area (Å²) >= 11 is 6.54. The molecule has 0 aromatic carbocycles. The van der Waals surface area contributed by atoms with E-state index < -0.39 is 12.1 Å². The van der Waals surface area contributed by atoms with Gasteiger partial charge < -0.3 is 0 Å². The Morgan fingerprint density at radius 1 is 1.40 bits per heavy atom. The van der Waals surface area contributed by atoms with Crippen LogP contribution in [0.25, 0.3) is 0 Å². The minimum absolute atomic E-state index is 0.00419. The summed E-state index contributed by atoms with van der Waals surface area (Å²) in [7, 11) is 5.79. The normalized spacial score (nSPS) is 24.1. The Balaban J connectivity index is 1.90. The second-order valence-corrected chi connectivity index (χ2v) is 10.7. The van der Waals surface area contributed by atoms with E-state index in [1.165, 1.54) is 21.5 Å². The van der Waals surface area contributed by atoms with Crippen molar-refractivity contribution in [2.24, 2.45) is 17.8 Å². The zero-order valence-corrected chi connectivity index (χ0v) is 20.2. The maximum atomic E-state index is 12.4. The molecule has 2 N–H and O–H groups in total. The number of rotatable bonds is 12. The number of thiophene rings is 1. The Morgan fingerprint density at radius 2 is 2.17 bits per heavy atom. The second-order valence-electron chi connectivity index (χ2n) is 7.46. The molecule has 30 heavy (non-hydrogen) atoms. The number of ketones is 1. The van der Waals surface area contributed by atoms with E-state index in [0.29, 0.717) is 25.0 Å². The van der Waals surface area contributed by atoms with Crippen molar-refractivity contribution < 1.29 is 19.8 Å². The van der Waals surface area contributed by atoms with Crippen molar-refractivity contribution in [2.75, 3.05) is 11.5 Å². The molecule has 1 aliphatic carbocycles. The fourth-order valence-corrected chi connectivity index (χ4v) is 5.88. The molecule has 0 bridgehead atoms. The average Bonchev–Trinajstić information content (AvgIpc) is 3.19. The van der Waals surface area contributed by atoms with Gasteiger partial charge in [0.2, 0.25) is 0 Å². The van der Waals surface area contributed by atoms with Gasteiger partial charge in [-0.25, -0.2) is 0 Å². The van der Waals surface area contributed by atoms with Crippen molar-refractivity contribution in [1.29, 1.82) is 0 Å². The Bertz CT molecular complexity index is 786. The number of carboxylic acids is 1. The number of aliphatic carboxylic acids is 1. The SMILES string of the molecule is [B]=C[C@@H]1CC(O)[C@H](C/C=C\CSCC(=O)O)[C@H]1/C=C/C(=O)CCc1cc(Br)c(C)s1. The standard InChI is InChI=1S/C22H27BBrO4S2/c1-14-20(24)11-17(30-14)7-5-16(25)6-8-18-15(12-23)10-21(26)19(18)4-2-3-9-29-13-22(27)28/h2-3,6,8,11-12,15,18-19,21,26H,4-5,7,9-10,13H2,1H3,(H,27,28)/b3-2-,8-6+/t15-,18-,19+,21?/m0/s1. The number of carbonyl (C=O) groups excluding carboxylic acids is 1. The van der Waals surface area contributed by atoms with E-state index in [1.807, 2.05) is 25.2 Å². The predicted molar refractivity (Wildman–Crippen MR) is 131 cm³/mol. The minimum atomic E-state index is -0.822. The summed E-state index contributed by atoms with van der Waals surface area (Å²) in [6.45, 7) is 2.05. The molecule has 0 aliphatic heterocycles. The molecule has 1 aromatic rings. The van der Waals surface area contributed by atoms with E-state index in [2.05, 4.69) is 22.0 Å². The van der Waals surface area contributed by atoms with Crippen molar-refractivity contribution in [3.05, 3.63) is 44.6 Å². The number of hydrogen-bond acceptors (Lipinski definition) is 5. The molecule has 4 atom stereocenters. The van der Waals surface area contributed by atoms with Crippen LogP contribution in [0.4, 0.5) is 0 Å². The molecule has 1 radical (unpaired) electrons. The first-order valence-corrected chi connectivity index (χ1v) is 12.7. The Kier molecular flexibility index (Phi) is 10.8. The van der Waals surface area contributed by atoms with Crippen LogP contribution in [0.1, 0.15) is 29.0 Å². The third kappa shape index (κ3) is 7.95. The summed E-state index contributed by atoms with van der Waals surface area (Å²) in [4.78, 5) is 25.3. The fourth-order valence-electron chi connectivity index (χ4n) is 3.72. The summed E-state index contributed by atoms with van der Waals surface area (Å²) in [5.74, 6) is 1.64. The van der Waals surface area contributed by atoms with Crippen LogP contribution in [0.15, 0.2) is 34.8 Å². The molecule has 1 heterocycles. The van der Waals surface area contributed by atoms with E-state index >= 15 is 0 Å². The number of aliphatic hydroxyl groups excluding tert-OH is 1. The van der Waals surface area contributed by atoms with Gasteiger partial charge in [0.1, 0.15) is 0 Å². The van der Waals surface area contributed by atoms with Crippen molar-refractivity contribution in [2.45, 2.75) is 38.7 Å². The third-order valence-corrected chi connectivity index (χ3v) is 8.36. The van der Waals surface area contributed by atoms with Crippen LogP contribution in [-0.2, 0) is 16.0 Å². The number of hydrogen-bond donors (Lipinski definition) is 2. The average molecular weight is 510 g/mol. The summed E-state index contributed by atoms with van der Waals surface area (Å²) in [5, 5.41) is 19.1. The molecule has 8 heteroatoms. The van der Waals surface area contributed by atoms with E-state index in [9.17, 15) is 14.7 Å². The number of carboxylic acid groups (broad SMARTS) is 1. The van der Waals surface area contributed by atoms with Gasteiger partial charge in [0.05, 0.1) is 0 Å². The number of halogens is 1. The van der Waals surface area contributed by atoms with Gasteiger partial charge in [-0.1, -0.05) is 0 Å². The van der Waals surface area contributed by atoms with Crippen LogP contribution >= 0.6 is 39.0 Å². The van der Waals surface area contributed by atoms with Crippen molar-refractivity contribution in [3.63, 3.8) is 0 Å². The van der Waals surface area contributed by atoms with Crippen LogP contribution in [0.2, 0.25) is 0 Å². The quantitative estimate of drug-likeness (QED) is 0.191. The summed E-state index contributed by atoms with van der Waals surface area (Å²) in [6, 6.07) is 2.07. The molecule has 161 valence electrons. The first kappa shape index (κ1) is 25.3. The summed E-state index contributed by atoms with van der Waals surface area (Å²) < 4.78 is 1.09. The molecule has 1 aromatic heterocycles. The fraction of sp³-hybridized carbons (Fsp3) is 0.500. The number of aryl methyl sites for hydroxylation is 2. The van der Waals surface area contributed by atoms with Gasteiger partial charge in [0.25, 0.3) is 0 Å². The molecular formula is C22H27BBrO4S2. The summed E-state index contributed by atoms with van der Waals surface area (Å²) in [5.41, 5.74) is 0. The summed E-state index contributed by atoms with van der Waals surface area (Å²) in [6.07, 6.45) is 9.46. The molecule has 0 spiro atoms. The predicted octanol–water partition coefficient (Wildman–Crippen LogP) is 4.22. The molecule has 1 unspecified atom stereocenters. The van der Waals surface area contributed by atoms with Gasteiger partial charge in [-0.3, -0.25) is 0 Å². The number of aliphatic hydroxyl groups is 1. The molecule has 0 saturated heterocycles. The first-order valence-electron chi connectivity index (χ1n) is 9.95. The molecule has 1 aliphatic rings. The zero-order chi connectivity index (χ0) is 22.1. The maximum absolute atomic E-state index is 12.4. The van der Waals surface area contributed by atoms with E-state index in [-0.39, 0.29) is 29.3 Å².